The molecule has 26 heavy (non-hydrogen) atoms. The summed E-state index contributed by atoms with van der Waals surface area (Å²) in [5, 5.41) is 6.35. The monoisotopic (exact) mass is 370 g/mol. The van der Waals surface area contributed by atoms with Crippen LogP contribution < -0.4 is 10.6 Å². The Morgan fingerprint density at radius 2 is 1.62 bits per heavy atom. The number of hydrogen-bond acceptors (Lipinski definition) is 2. The molecule has 0 aromatic heterocycles. The van der Waals surface area contributed by atoms with E-state index in [1.165, 1.54) is 5.56 Å². The second-order valence-electron chi connectivity index (χ2n) is 7.16. The molecule has 4 nitrogen and oxygen atoms in total. The van der Waals surface area contributed by atoms with Gasteiger partial charge in [-0.25, -0.2) is 0 Å². The first-order valence-electron chi connectivity index (χ1n) is 8.83. The first kappa shape index (κ1) is 18.5. The number of rotatable bonds is 5. The van der Waals surface area contributed by atoms with E-state index in [2.05, 4.69) is 24.5 Å². The second kappa shape index (κ2) is 7.50. The molecular formula is C21H23ClN2O2. The van der Waals surface area contributed by atoms with E-state index in [-0.39, 0.29) is 23.7 Å². The highest BCUT2D eigenvalue weighted by atomic mass is 35.5. The summed E-state index contributed by atoms with van der Waals surface area (Å²) < 4.78 is 0. The van der Waals surface area contributed by atoms with E-state index in [9.17, 15) is 9.59 Å². The molecule has 0 spiro atoms. The van der Waals surface area contributed by atoms with Gasteiger partial charge in [0.05, 0.1) is 11.8 Å². The van der Waals surface area contributed by atoms with Gasteiger partial charge < -0.3 is 10.6 Å². The number of halogens is 1. The van der Waals surface area contributed by atoms with Crippen LogP contribution in [0.1, 0.15) is 37.3 Å². The third kappa shape index (κ3) is 4.25. The summed E-state index contributed by atoms with van der Waals surface area (Å²) in [6.45, 7) is 6.16. The van der Waals surface area contributed by atoms with Crippen LogP contribution in [0, 0.1) is 18.8 Å². The van der Waals surface area contributed by atoms with Gasteiger partial charge in [0.15, 0.2) is 0 Å². The summed E-state index contributed by atoms with van der Waals surface area (Å²) in [6.07, 6.45) is 0.571. The van der Waals surface area contributed by atoms with Crippen LogP contribution in [-0.4, -0.2) is 11.8 Å². The number of nitrogens with one attached hydrogen (secondary N) is 2. The molecule has 2 unspecified atom stereocenters. The molecule has 0 saturated heterocycles. The zero-order valence-corrected chi connectivity index (χ0v) is 15.9. The molecule has 2 atom stereocenters. The first-order chi connectivity index (χ1) is 12.3. The van der Waals surface area contributed by atoms with Crippen LogP contribution in [0.4, 0.5) is 11.4 Å². The van der Waals surface area contributed by atoms with Crippen molar-refractivity contribution in [3.8, 4) is 0 Å². The molecule has 136 valence electrons. The van der Waals surface area contributed by atoms with Gasteiger partial charge in [-0.3, -0.25) is 9.59 Å². The van der Waals surface area contributed by atoms with Crippen molar-refractivity contribution < 1.29 is 9.59 Å². The maximum absolute atomic E-state index is 12.4. The summed E-state index contributed by atoms with van der Waals surface area (Å²) in [6, 6.07) is 13.2. The number of aryl methyl sites for hydroxylation is 1. The van der Waals surface area contributed by atoms with Gasteiger partial charge in [0.1, 0.15) is 0 Å². The number of carbonyl (C=O) groups excluding carboxylic acids is 2. The largest absolute Gasteiger partial charge is 0.326 e. The van der Waals surface area contributed by atoms with Gasteiger partial charge in [0, 0.05) is 16.4 Å². The van der Waals surface area contributed by atoms with Gasteiger partial charge in [0.2, 0.25) is 11.8 Å². The van der Waals surface area contributed by atoms with E-state index >= 15 is 0 Å². The van der Waals surface area contributed by atoms with Crippen molar-refractivity contribution in [2.75, 3.05) is 10.6 Å². The van der Waals surface area contributed by atoms with E-state index in [0.717, 1.165) is 11.3 Å². The van der Waals surface area contributed by atoms with Crippen LogP contribution in [0.25, 0.3) is 0 Å². The fourth-order valence-corrected chi connectivity index (χ4v) is 3.09. The van der Waals surface area contributed by atoms with Crippen LogP contribution in [0.3, 0.4) is 0 Å². The molecule has 2 aromatic rings. The molecule has 0 bridgehead atoms. The maximum Gasteiger partial charge on any atom is 0.228 e. The van der Waals surface area contributed by atoms with E-state index in [1.807, 2.05) is 37.3 Å². The van der Waals surface area contributed by atoms with Gasteiger partial charge in [0.25, 0.3) is 0 Å². The van der Waals surface area contributed by atoms with E-state index in [1.54, 1.807) is 12.1 Å². The third-order valence-corrected chi connectivity index (χ3v) is 5.00. The molecule has 2 aromatic carbocycles. The molecule has 0 radical (unpaired) electrons. The van der Waals surface area contributed by atoms with Crippen LogP contribution in [0.15, 0.2) is 42.5 Å². The average Bonchev–Trinajstić information content (AvgIpc) is 3.39. The van der Waals surface area contributed by atoms with Crippen LogP contribution in [-0.2, 0) is 9.59 Å². The standard InChI is InChI=1S/C21H23ClN2O2/c1-12(2)14-5-8-16(9-6-14)23-20(25)17-11-18(17)21(26)24-19-10-15(22)7-4-13(19)3/h4-10,12,17-18H,11H2,1-3H3,(H,23,25)(H,24,26). The smallest absolute Gasteiger partial charge is 0.228 e. The highest BCUT2D eigenvalue weighted by molar-refractivity contribution is 6.31. The van der Waals surface area contributed by atoms with E-state index in [0.29, 0.717) is 23.0 Å². The SMILES string of the molecule is Cc1ccc(Cl)cc1NC(=O)C1CC1C(=O)Nc1ccc(C(C)C)cc1. The molecule has 1 aliphatic rings. The van der Waals surface area contributed by atoms with E-state index < -0.39 is 0 Å². The summed E-state index contributed by atoms with van der Waals surface area (Å²) >= 11 is 5.98. The molecule has 2 N–H and O–H groups in total. The zero-order chi connectivity index (χ0) is 18.8. The Morgan fingerprint density at radius 3 is 2.23 bits per heavy atom. The quantitative estimate of drug-likeness (QED) is 0.779. The molecule has 0 heterocycles. The van der Waals surface area contributed by atoms with Crippen molar-refractivity contribution in [2.45, 2.75) is 33.1 Å². The van der Waals surface area contributed by atoms with Gasteiger partial charge in [-0.2, -0.15) is 0 Å². The minimum Gasteiger partial charge on any atom is -0.326 e. The number of benzene rings is 2. The Balaban J connectivity index is 1.56. The molecule has 3 rings (SSSR count). The lowest BCUT2D eigenvalue weighted by atomic mass is 10.0. The molecule has 2 amide bonds. The van der Waals surface area contributed by atoms with Crippen LogP contribution in [0.5, 0.6) is 0 Å². The Kier molecular flexibility index (Phi) is 5.33. The number of carbonyl (C=O) groups is 2. The van der Waals surface area contributed by atoms with Crippen LogP contribution in [0.2, 0.25) is 5.02 Å². The number of anilines is 2. The van der Waals surface area contributed by atoms with Crippen molar-refractivity contribution in [3.63, 3.8) is 0 Å². The third-order valence-electron chi connectivity index (χ3n) is 4.77. The molecular weight excluding hydrogens is 348 g/mol. The highest BCUT2D eigenvalue weighted by Crippen LogP contribution is 2.40. The Bertz CT molecular complexity index is 830. The van der Waals surface area contributed by atoms with Crippen molar-refractivity contribution in [1.29, 1.82) is 0 Å². The van der Waals surface area contributed by atoms with Crippen LogP contribution >= 0.6 is 11.6 Å². The number of hydrogen-bond donors (Lipinski definition) is 2. The lowest BCUT2D eigenvalue weighted by molar-refractivity contribution is -0.122. The van der Waals surface area contributed by atoms with Crippen molar-refractivity contribution in [1.82, 2.24) is 0 Å². The molecule has 1 fully saturated rings. The second-order valence-corrected chi connectivity index (χ2v) is 7.60. The molecule has 1 aliphatic carbocycles. The fourth-order valence-electron chi connectivity index (χ4n) is 2.92. The minimum absolute atomic E-state index is 0.106. The Hall–Kier alpha value is -2.33. The summed E-state index contributed by atoms with van der Waals surface area (Å²) in [7, 11) is 0. The van der Waals surface area contributed by atoms with Crippen molar-refractivity contribution >= 4 is 34.8 Å². The summed E-state index contributed by atoms with van der Waals surface area (Å²) in [4.78, 5) is 24.8. The first-order valence-corrected chi connectivity index (χ1v) is 9.21. The predicted octanol–water partition coefficient (Wildman–Crippen LogP) is 4.99. The summed E-state index contributed by atoms with van der Waals surface area (Å²) in [5.41, 5.74) is 3.62. The van der Waals surface area contributed by atoms with Gasteiger partial charge >= 0.3 is 0 Å². The topological polar surface area (TPSA) is 58.2 Å². The number of amides is 2. The normalized spacial score (nSPS) is 18.5. The molecule has 1 saturated carbocycles. The lowest BCUT2D eigenvalue weighted by Gasteiger charge is -2.10. The fraction of sp³-hybridized carbons (Fsp3) is 0.333. The van der Waals surface area contributed by atoms with E-state index in [4.69, 9.17) is 11.6 Å². The van der Waals surface area contributed by atoms with Gasteiger partial charge in [-0.05, 0) is 54.7 Å². The summed E-state index contributed by atoms with van der Waals surface area (Å²) in [5.74, 6) is -0.357. The lowest BCUT2D eigenvalue weighted by Crippen LogP contribution is -2.20. The van der Waals surface area contributed by atoms with Gasteiger partial charge in [-0.15, -0.1) is 0 Å². The highest BCUT2D eigenvalue weighted by Gasteiger charge is 2.48. The van der Waals surface area contributed by atoms with Gasteiger partial charge in [-0.1, -0.05) is 43.6 Å². The Morgan fingerprint density at radius 1 is 1.00 bits per heavy atom. The minimum atomic E-state index is -0.289. The maximum atomic E-state index is 12.4. The predicted molar refractivity (Wildman–Crippen MR) is 106 cm³/mol. The molecule has 0 aliphatic heterocycles. The molecule has 5 heteroatoms. The van der Waals surface area contributed by atoms with Crippen molar-refractivity contribution in [3.05, 3.63) is 58.6 Å². The Labute approximate surface area is 158 Å². The van der Waals surface area contributed by atoms with Crippen molar-refractivity contribution in [2.24, 2.45) is 11.8 Å². The average molecular weight is 371 g/mol. The zero-order valence-electron chi connectivity index (χ0n) is 15.2.